The molecule has 2 aromatic carbocycles. The smallest absolute Gasteiger partial charge is 0.336 e. The highest BCUT2D eigenvalue weighted by Crippen LogP contribution is 2.41. The van der Waals surface area contributed by atoms with E-state index in [4.69, 9.17) is 8.83 Å². The lowest BCUT2D eigenvalue weighted by molar-refractivity contribution is 0.0897. The van der Waals surface area contributed by atoms with Gasteiger partial charge in [0.1, 0.15) is 11.2 Å². The third kappa shape index (κ3) is 2.60. The summed E-state index contributed by atoms with van der Waals surface area (Å²) >= 11 is 0. The van der Waals surface area contributed by atoms with Gasteiger partial charge in [0.05, 0.1) is 5.39 Å². The van der Waals surface area contributed by atoms with Crippen molar-refractivity contribution in [3.63, 3.8) is 0 Å². The summed E-state index contributed by atoms with van der Waals surface area (Å²) < 4.78 is 11.7. The summed E-state index contributed by atoms with van der Waals surface area (Å²) in [6.45, 7) is 1.89. The minimum Gasteiger partial charge on any atom is -0.452 e. The van der Waals surface area contributed by atoms with E-state index in [9.17, 15) is 9.59 Å². The van der Waals surface area contributed by atoms with Crippen molar-refractivity contribution in [2.45, 2.75) is 32.6 Å². The second-order valence-corrected chi connectivity index (χ2v) is 7.58. The Morgan fingerprint density at radius 1 is 1.00 bits per heavy atom. The molecule has 0 unspecified atom stereocenters. The van der Waals surface area contributed by atoms with Gasteiger partial charge in [-0.25, -0.2) is 4.79 Å². The molecule has 1 aliphatic carbocycles. The zero-order valence-corrected chi connectivity index (χ0v) is 15.7. The normalized spacial score (nSPS) is 14.9. The molecule has 0 atom stereocenters. The van der Waals surface area contributed by atoms with Crippen LogP contribution in [0.4, 0.5) is 0 Å². The topological polar surface area (TPSA) is 60.4 Å². The van der Waals surface area contributed by atoms with E-state index in [-0.39, 0.29) is 11.7 Å². The van der Waals surface area contributed by atoms with Crippen LogP contribution < -0.4 is 5.63 Å². The monoisotopic (exact) mass is 372 g/mol. The molecule has 0 N–H and O–H groups in total. The first-order chi connectivity index (χ1) is 13.6. The number of furan rings is 1. The first-order valence-corrected chi connectivity index (χ1v) is 9.73. The number of carbonyl (C=O) groups is 1. The number of fused-ring (bicyclic) bond motifs is 3. The minimum atomic E-state index is -0.401. The maximum absolute atomic E-state index is 13.3. The molecule has 0 bridgehead atoms. The standard InChI is InChI=1S/C24H20O4/c1-14-13-19(25)28-23-17(14)11-12-18-21(23)20(15-7-3-2-4-8-15)24(27-18)22(26)16-9-5-6-10-16/h2-4,7-8,11-13,16H,5-6,9-10H2,1H3. The van der Waals surface area contributed by atoms with Crippen LogP contribution in [-0.2, 0) is 0 Å². The highest BCUT2D eigenvalue weighted by molar-refractivity contribution is 6.17. The molecule has 0 spiro atoms. The molecule has 140 valence electrons. The number of benzene rings is 2. The summed E-state index contributed by atoms with van der Waals surface area (Å²) in [6.07, 6.45) is 3.96. The summed E-state index contributed by atoms with van der Waals surface area (Å²) in [6, 6.07) is 15.0. The van der Waals surface area contributed by atoms with Gasteiger partial charge < -0.3 is 8.83 Å². The molecule has 1 saturated carbocycles. The second kappa shape index (κ2) is 6.48. The quantitative estimate of drug-likeness (QED) is 0.332. The molecule has 0 radical (unpaired) electrons. The molecule has 2 aromatic heterocycles. The van der Waals surface area contributed by atoms with Crippen LogP contribution in [0.5, 0.6) is 0 Å². The van der Waals surface area contributed by atoms with E-state index in [1.165, 1.54) is 6.07 Å². The number of aryl methyl sites for hydroxylation is 1. The number of carbonyl (C=O) groups excluding carboxylic acids is 1. The fraction of sp³-hybridized carbons (Fsp3) is 0.250. The Labute approximate surface area is 161 Å². The highest BCUT2D eigenvalue weighted by atomic mass is 16.4. The predicted octanol–water partition coefficient (Wildman–Crippen LogP) is 5.89. The Morgan fingerprint density at radius 3 is 2.50 bits per heavy atom. The second-order valence-electron chi connectivity index (χ2n) is 7.58. The average Bonchev–Trinajstić information content (AvgIpc) is 3.36. The summed E-state index contributed by atoms with van der Waals surface area (Å²) in [5.41, 5.74) is 3.11. The third-order valence-corrected chi connectivity index (χ3v) is 5.78. The van der Waals surface area contributed by atoms with E-state index in [0.717, 1.165) is 47.8 Å². The van der Waals surface area contributed by atoms with Gasteiger partial charge in [-0.05, 0) is 43.0 Å². The SMILES string of the molecule is Cc1cc(=O)oc2c1ccc1oc(C(=O)C3CCCC3)c(-c3ccccc3)c12. The first-order valence-electron chi connectivity index (χ1n) is 9.73. The molecule has 1 aliphatic rings. The van der Waals surface area contributed by atoms with Crippen LogP contribution in [0.15, 0.2) is 62.2 Å². The lowest BCUT2D eigenvalue weighted by Gasteiger charge is -2.08. The molecule has 5 rings (SSSR count). The van der Waals surface area contributed by atoms with Crippen molar-refractivity contribution in [3.05, 3.63) is 70.3 Å². The number of Topliss-reactive ketones (excluding diaryl/α,β-unsaturated/α-hetero) is 1. The Balaban J connectivity index is 1.89. The molecule has 0 aliphatic heterocycles. The molecular formula is C24H20O4. The largest absolute Gasteiger partial charge is 0.452 e. The van der Waals surface area contributed by atoms with Gasteiger partial charge in [0.15, 0.2) is 5.76 Å². The van der Waals surface area contributed by atoms with Crippen molar-refractivity contribution in [2.75, 3.05) is 0 Å². The fourth-order valence-electron chi connectivity index (χ4n) is 4.39. The van der Waals surface area contributed by atoms with E-state index in [1.54, 1.807) is 0 Å². The van der Waals surface area contributed by atoms with Crippen molar-refractivity contribution in [1.82, 2.24) is 0 Å². The summed E-state index contributed by atoms with van der Waals surface area (Å²) in [5.74, 6) is 0.434. The van der Waals surface area contributed by atoms with Crippen molar-refractivity contribution in [2.24, 2.45) is 5.92 Å². The van der Waals surface area contributed by atoms with Gasteiger partial charge in [-0.2, -0.15) is 0 Å². The van der Waals surface area contributed by atoms with E-state index < -0.39 is 5.63 Å². The van der Waals surface area contributed by atoms with Gasteiger partial charge in [0, 0.05) is 22.9 Å². The maximum atomic E-state index is 13.3. The summed E-state index contributed by atoms with van der Waals surface area (Å²) in [4.78, 5) is 25.4. The molecule has 4 aromatic rings. The Kier molecular flexibility index (Phi) is 3.93. The summed E-state index contributed by atoms with van der Waals surface area (Å²) in [7, 11) is 0. The molecule has 1 fully saturated rings. The van der Waals surface area contributed by atoms with Crippen molar-refractivity contribution in [1.29, 1.82) is 0 Å². The van der Waals surface area contributed by atoms with E-state index in [2.05, 4.69) is 0 Å². The molecule has 4 heteroatoms. The lowest BCUT2D eigenvalue weighted by Crippen LogP contribution is -2.11. The van der Waals surface area contributed by atoms with Crippen molar-refractivity contribution >= 4 is 27.7 Å². The van der Waals surface area contributed by atoms with Gasteiger partial charge in [0.2, 0.25) is 5.78 Å². The Hall–Kier alpha value is -3.14. The van der Waals surface area contributed by atoms with Crippen LogP contribution in [0.1, 0.15) is 41.8 Å². The number of hydrogen-bond donors (Lipinski definition) is 0. The first kappa shape index (κ1) is 17.0. The van der Waals surface area contributed by atoms with E-state index >= 15 is 0 Å². The third-order valence-electron chi connectivity index (χ3n) is 5.78. The highest BCUT2D eigenvalue weighted by Gasteiger charge is 2.31. The lowest BCUT2D eigenvalue weighted by atomic mass is 9.93. The minimum absolute atomic E-state index is 0.00281. The van der Waals surface area contributed by atoms with Gasteiger partial charge in [-0.15, -0.1) is 0 Å². The molecule has 0 saturated heterocycles. The number of hydrogen-bond acceptors (Lipinski definition) is 4. The van der Waals surface area contributed by atoms with Gasteiger partial charge in [0.25, 0.3) is 0 Å². The van der Waals surface area contributed by atoms with Crippen molar-refractivity contribution < 1.29 is 13.6 Å². The Bertz CT molecular complexity index is 1250. The van der Waals surface area contributed by atoms with Crippen molar-refractivity contribution in [3.8, 4) is 11.1 Å². The zero-order chi connectivity index (χ0) is 19.3. The maximum Gasteiger partial charge on any atom is 0.336 e. The van der Waals surface area contributed by atoms with E-state index in [1.807, 2.05) is 49.4 Å². The van der Waals surface area contributed by atoms with Crippen LogP contribution in [0.2, 0.25) is 0 Å². The average molecular weight is 372 g/mol. The predicted molar refractivity (Wildman–Crippen MR) is 109 cm³/mol. The van der Waals surface area contributed by atoms with Gasteiger partial charge in [-0.1, -0.05) is 43.2 Å². The van der Waals surface area contributed by atoms with Crippen LogP contribution >= 0.6 is 0 Å². The van der Waals surface area contributed by atoms with Crippen LogP contribution in [0.25, 0.3) is 33.1 Å². The van der Waals surface area contributed by atoms with Gasteiger partial charge >= 0.3 is 5.63 Å². The fourth-order valence-corrected chi connectivity index (χ4v) is 4.39. The number of rotatable bonds is 3. The number of ketones is 1. The van der Waals surface area contributed by atoms with Crippen LogP contribution in [-0.4, -0.2) is 5.78 Å². The molecule has 0 amide bonds. The van der Waals surface area contributed by atoms with E-state index in [0.29, 0.717) is 22.3 Å². The molecule has 4 nitrogen and oxygen atoms in total. The molecule has 28 heavy (non-hydrogen) atoms. The van der Waals surface area contributed by atoms with Crippen LogP contribution in [0.3, 0.4) is 0 Å². The summed E-state index contributed by atoms with van der Waals surface area (Å²) in [5, 5.41) is 1.55. The van der Waals surface area contributed by atoms with Gasteiger partial charge in [-0.3, -0.25) is 4.79 Å². The molecular weight excluding hydrogens is 352 g/mol. The molecule has 2 heterocycles. The Morgan fingerprint density at radius 2 is 1.75 bits per heavy atom. The van der Waals surface area contributed by atoms with Crippen LogP contribution in [0, 0.1) is 12.8 Å². The zero-order valence-electron chi connectivity index (χ0n) is 15.7.